The second-order valence-electron chi connectivity index (χ2n) is 3.98. The van der Waals surface area contributed by atoms with Gasteiger partial charge in [0.15, 0.2) is 0 Å². The minimum atomic E-state index is -0.245. The van der Waals surface area contributed by atoms with Crippen LogP contribution < -0.4 is 15.6 Å². The number of para-hydroxylation sites is 2. The van der Waals surface area contributed by atoms with Crippen molar-refractivity contribution >= 4 is 17.2 Å². The molecular formula is C13H12N4O2. The summed E-state index contributed by atoms with van der Waals surface area (Å²) in [6.07, 6.45) is 5.06. The largest absolute Gasteiger partial charge is 0.495 e. The van der Waals surface area contributed by atoms with Crippen LogP contribution >= 0.6 is 0 Å². The highest BCUT2D eigenvalue weighted by Crippen LogP contribution is 2.25. The smallest absolute Gasteiger partial charge is 0.293 e. The van der Waals surface area contributed by atoms with Crippen molar-refractivity contribution in [1.29, 1.82) is 0 Å². The topological polar surface area (TPSA) is 71.4 Å². The van der Waals surface area contributed by atoms with E-state index in [0.29, 0.717) is 17.2 Å². The number of imidazole rings is 1. The molecule has 0 fully saturated rings. The zero-order valence-electron chi connectivity index (χ0n) is 10.3. The molecule has 0 radical (unpaired) electrons. The Balaban J connectivity index is 2.03. The third-order valence-electron chi connectivity index (χ3n) is 2.76. The number of hydrogen-bond donors (Lipinski definition) is 2. The zero-order valence-corrected chi connectivity index (χ0v) is 10.3. The number of methoxy groups -OCH3 is 1. The molecule has 0 spiro atoms. The monoisotopic (exact) mass is 256 g/mol. The Hall–Kier alpha value is -2.76. The summed E-state index contributed by atoms with van der Waals surface area (Å²) in [5.41, 5.74) is 0.899. The summed E-state index contributed by atoms with van der Waals surface area (Å²) in [6.45, 7) is 0. The standard InChI is InChI=1S/C13H12N4O2/c1-19-10-5-3-2-4-9(10)15-11-8-17-7-6-14-12(17)13(18)16-11/h2-8,15H,1H3,(H,16,18). The van der Waals surface area contributed by atoms with Crippen molar-refractivity contribution in [1.82, 2.24) is 14.4 Å². The lowest BCUT2D eigenvalue weighted by Gasteiger charge is -2.10. The summed E-state index contributed by atoms with van der Waals surface area (Å²) >= 11 is 0. The molecule has 0 aliphatic rings. The number of H-pyrrole nitrogens is 1. The van der Waals surface area contributed by atoms with Gasteiger partial charge in [0.2, 0.25) is 5.65 Å². The van der Waals surface area contributed by atoms with E-state index >= 15 is 0 Å². The van der Waals surface area contributed by atoms with Gasteiger partial charge in [0.1, 0.15) is 11.6 Å². The molecule has 2 heterocycles. The fraction of sp³-hybridized carbons (Fsp3) is 0.0769. The molecule has 0 saturated heterocycles. The van der Waals surface area contributed by atoms with Crippen LogP contribution in [0.25, 0.3) is 5.65 Å². The van der Waals surface area contributed by atoms with Gasteiger partial charge in [-0.2, -0.15) is 0 Å². The minimum Gasteiger partial charge on any atom is -0.495 e. The van der Waals surface area contributed by atoms with E-state index in [4.69, 9.17) is 4.74 Å². The summed E-state index contributed by atoms with van der Waals surface area (Å²) in [4.78, 5) is 18.5. The molecule has 2 N–H and O–H groups in total. The van der Waals surface area contributed by atoms with Gasteiger partial charge in [0.25, 0.3) is 5.56 Å². The molecule has 96 valence electrons. The van der Waals surface area contributed by atoms with Gasteiger partial charge >= 0.3 is 0 Å². The van der Waals surface area contributed by atoms with Crippen LogP contribution in [0.5, 0.6) is 5.75 Å². The number of anilines is 2. The number of hydrogen-bond acceptors (Lipinski definition) is 4. The van der Waals surface area contributed by atoms with E-state index in [1.165, 1.54) is 0 Å². The van der Waals surface area contributed by atoms with Crippen molar-refractivity contribution in [2.24, 2.45) is 0 Å². The maximum absolute atomic E-state index is 11.8. The van der Waals surface area contributed by atoms with Crippen LogP contribution in [0, 0.1) is 0 Å². The summed E-state index contributed by atoms with van der Waals surface area (Å²) in [6, 6.07) is 7.48. The van der Waals surface area contributed by atoms with E-state index in [0.717, 1.165) is 5.69 Å². The lowest BCUT2D eigenvalue weighted by atomic mass is 10.3. The van der Waals surface area contributed by atoms with Crippen molar-refractivity contribution in [3.05, 3.63) is 53.2 Å². The first-order chi connectivity index (χ1) is 9.28. The fourth-order valence-corrected chi connectivity index (χ4v) is 1.90. The van der Waals surface area contributed by atoms with Crippen molar-refractivity contribution in [2.75, 3.05) is 12.4 Å². The SMILES string of the molecule is COc1ccccc1Nc1cn2ccnc2c(=O)[nH]1. The highest BCUT2D eigenvalue weighted by Gasteiger charge is 2.05. The molecule has 1 aromatic carbocycles. The Morgan fingerprint density at radius 1 is 1.37 bits per heavy atom. The summed E-state index contributed by atoms with van der Waals surface area (Å²) in [5, 5.41) is 3.12. The molecule has 2 aromatic heterocycles. The van der Waals surface area contributed by atoms with Gasteiger partial charge in [0, 0.05) is 12.4 Å². The molecular weight excluding hydrogens is 244 g/mol. The number of fused-ring (bicyclic) bond motifs is 1. The van der Waals surface area contributed by atoms with Gasteiger partial charge in [-0.3, -0.25) is 9.20 Å². The van der Waals surface area contributed by atoms with E-state index < -0.39 is 0 Å². The highest BCUT2D eigenvalue weighted by molar-refractivity contribution is 5.64. The Kier molecular flexibility index (Phi) is 2.68. The van der Waals surface area contributed by atoms with Gasteiger partial charge in [0.05, 0.1) is 19.0 Å². The summed E-state index contributed by atoms with van der Waals surface area (Å²) in [5.74, 6) is 1.27. The quantitative estimate of drug-likeness (QED) is 0.749. The van der Waals surface area contributed by atoms with Crippen LogP contribution in [-0.2, 0) is 0 Å². The third kappa shape index (κ3) is 2.03. The molecule has 0 aliphatic heterocycles. The number of nitrogens with one attached hydrogen (secondary N) is 2. The highest BCUT2D eigenvalue weighted by atomic mass is 16.5. The van der Waals surface area contributed by atoms with Crippen molar-refractivity contribution < 1.29 is 4.74 Å². The van der Waals surface area contributed by atoms with Crippen LogP contribution in [0.4, 0.5) is 11.5 Å². The first-order valence-corrected chi connectivity index (χ1v) is 5.74. The van der Waals surface area contributed by atoms with Crippen LogP contribution in [0.3, 0.4) is 0 Å². The molecule has 0 bridgehead atoms. The summed E-state index contributed by atoms with van der Waals surface area (Å²) < 4.78 is 6.91. The van der Waals surface area contributed by atoms with Gasteiger partial charge in [-0.1, -0.05) is 12.1 Å². The Morgan fingerprint density at radius 2 is 2.21 bits per heavy atom. The molecule has 0 unspecified atom stereocenters. The Morgan fingerprint density at radius 3 is 3.05 bits per heavy atom. The van der Waals surface area contributed by atoms with Crippen LogP contribution in [0.1, 0.15) is 0 Å². The van der Waals surface area contributed by atoms with Crippen molar-refractivity contribution in [3.8, 4) is 5.75 Å². The van der Waals surface area contributed by atoms with E-state index in [1.54, 1.807) is 30.1 Å². The van der Waals surface area contributed by atoms with E-state index in [1.807, 2.05) is 24.3 Å². The lowest BCUT2D eigenvalue weighted by Crippen LogP contribution is -2.12. The number of aromatic amines is 1. The summed E-state index contributed by atoms with van der Waals surface area (Å²) in [7, 11) is 1.60. The predicted octanol–water partition coefficient (Wildman–Crippen LogP) is 1.77. The number of aromatic nitrogens is 3. The second-order valence-corrected chi connectivity index (χ2v) is 3.98. The minimum absolute atomic E-state index is 0.245. The number of rotatable bonds is 3. The van der Waals surface area contributed by atoms with Crippen molar-refractivity contribution in [2.45, 2.75) is 0 Å². The number of ether oxygens (including phenoxy) is 1. The molecule has 6 nitrogen and oxygen atoms in total. The maximum atomic E-state index is 11.8. The third-order valence-corrected chi connectivity index (χ3v) is 2.76. The average Bonchev–Trinajstić information content (AvgIpc) is 2.88. The lowest BCUT2D eigenvalue weighted by molar-refractivity contribution is 0.417. The first-order valence-electron chi connectivity index (χ1n) is 5.74. The number of benzene rings is 1. The van der Waals surface area contributed by atoms with Crippen molar-refractivity contribution in [3.63, 3.8) is 0 Å². The molecule has 0 aliphatic carbocycles. The first kappa shape index (κ1) is 11.3. The second kappa shape index (κ2) is 4.49. The predicted molar refractivity (Wildman–Crippen MR) is 72.1 cm³/mol. The molecule has 3 aromatic rings. The molecule has 0 amide bonds. The van der Waals surface area contributed by atoms with E-state index in [2.05, 4.69) is 15.3 Å². The Bertz CT molecular complexity index is 775. The van der Waals surface area contributed by atoms with Gasteiger partial charge in [-0.25, -0.2) is 4.98 Å². The van der Waals surface area contributed by atoms with E-state index in [9.17, 15) is 4.79 Å². The van der Waals surface area contributed by atoms with Gasteiger partial charge in [-0.15, -0.1) is 0 Å². The van der Waals surface area contributed by atoms with Crippen LogP contribution in [-0.4, -0.2) is 21.5 Å². The van der Waals surface area contributed by atoms with Gasteiger partial charge in [-0.05, 0) is 12.1 Å². The number of nitrogens with zero attached hydrogens (tertiary/aromatic N) is 2. The molecule has 3 rings (SSSR count). The zero-order chi connectivity index (χ0) is 13.2. The van der Waals surface area contributed by atoms with Gasteiger partial charge < -0.3 is 15.0 Å². The molecule has 6 heteroatoms. The Labute approximate surface area is 108 Å². The maximum Gasteiger partial charge on any atom is 0.293 e. The normalized spacial score (nSPS) is 10.6. The average molecular weight is 256 g/mol. The van der Waals surface area contributed by atoms with Crippen LogP contribution in [0.15, 0.2) is 47.7 Å². The van der Waals surface area contributed by atoms with E-state index in [-0.39, 0.29) is 5.56 Å². The molecule has 0 saturated carbocycles. The fourth-order valence-electron chi connectivity index (χ4n) is 1.90. The van der Waals surface area contributed by atoms with Crippen LogP contribution in [0.2, 0.25) is 0 Å². The molecule has 19 heavy (non-hydrogen) atoms. The molecule has 0 atom stereocenters.